The van der Waals surface area contributed by atoms with Gasteiger partial charge in [-0.1, -0.05) is 71.1 Å². The van der Waals surface area contributed by atoms with Crippen molar-refractivity contribution in [2.75, 3.05) is 0 Å². The van der Waals surface area contributed by atoms with Crippen LogP contribution in [0.15, 0.2) is 0 Å². The third-order valence-corrected chi connectivity index (χ3v) is 4.13. The monoisotopic (exact) mass is 311 g/mol. The number of rotatable bonds is 16. The molecule has 0 unspecified atom stereocenters. The second-order valence-electron chi connectivity index (χ2n) is 6.50. The summed E-state index contributed by atoms with van der Waals surface area (Å²) >= 11 is 0. The second-order valence-corrected chi connectivity index (χ2v) is 6.50. The van der Waals surface area contributed by atoms with Crippen molar-refractivity contribution in [1.82, 2.24) is 5.32 Å². The van der Waals surface area contributed by atoms with Gasteiger partial charge < -0.3 is 10.1 Å². The highest BCUT2D eigenvalue weighted by molar-refractivity contribution is 5.76. The molecule has 3 nitrogen and oxygen atoms in total. The lowest BCUT2D eigenvalue weighted by atomic mass is 10.1. The SMILES string of the molecule is CCCCCCCCCCCCCC(=O)N[C@H](C)CCC=O. The summed E-state index contributed by atoms with van der Waals surface area (Å²) in [7, 11) is 0. The highest BCUT2D eigenvalue weighted by Gasteiger charge is 2.06. The zero-order valence-electron chi connectivity index (χ0n) is 14.9. The Balaban J connectivity index is 3.24. The van der Waals surface area contributed by atoms with Crippen LogP contribution >= 0.6 is 0 Å². The maximum atomic E-state index is 11.7. The van der Waals surface area contributed by atoms with Crippen molar-refractivity contribution in [2.24, 2.45) is 0 Å². The molecular weight excluding hydrogens is 274 g/mol. The second kappa shape index (κ2) is 16.5. The molecule has 0 fully saturated rings. The van der Waals surface area contributed by atoms with Crippen LogP contribution in [-0.2, 0) is 9.59 Å². The van der Waals surface area contributed by atoms with E-state index in [1.807, 2.05) is 6.92 Å². The molecule has 0 saturated carbocycles. The molecule has 3 heteroatoms. The van der Waals surface area contributed by atoms with Gasteiger partial charge in [0.1, 0.15) is 6.29 Å². The zero-order chi connectivity index (χ0) is 16.5. The van der Waals surface area contributed by atoms with Gasteiger partial charge in [-0.25, -0.2) is 0 Å². The Labute approximate surface area is 137 Å². The lowest BCUT2D eigenvalue weighted by Crippen LogP contribution is -2.32. The molecule has 0 aromatic heterocycles. The molecule has 0 radical (unpaired) electrons. The van der Waals surface area contributed by atoms with Gasteiger partial charge in [0.15, 0.2) is 0 Å². The molecule has 0 aliphatic carbocycles. The number of carbonyl (C=O) groups is 2. The Bertz CT molecular complexity index is 266. The van der Waals surface area contributed by atoms with Crippen molar-refractivity contribution in [3.05, 3.63) is 0 Å². The number of unbranched alkanes of at least 4 members (excludes halogenated alkanes) is 10. The van der Waals surface area contributed by atoms with Gasteiger partial charge in [-0.05, 0) is 19.8 Å². The Hall–Kier alpha value is -0.860. The molecule has 0 spiro atoms. The molecule has 0 aromatic rings. The van der Waals surface area contributed by atoms with Crippen LogP contribution < -0.4 is 5.32 Å². The van der Waals surface area contributed by atoms with E-state index < -0.39 is 0 Å². The smallest absolute Gasteiger partial charge is 0.220 e. The summed E-state index contributed by atoms with van der Waals surface area (Å²) in [5.74, 6) is 0.134. The lowest BCUT2D eigenvalue weighted by Gasteiger charge is -2.12. The third kappa shape index (κ3) is 15.5. The molecule has 1 amide bonds. The predicted octanol–water partition coefficient (Wildman–Crippen LogP) is 5.17. The Morgan fingerprint density at radius 2 is 1.41 bits per heavy atom. The van der Waals surface area contributed by atoms with Gasteiger partial charge in [-0.2, -0.15) is 0 Å². The van der Waals surface area contributed by atoms with Gasteiger partial charge in [-0.3, -0.25) is 4.79 Å². The zero-order valence-corrected chi connectivity index (χ0v) is 14.9. The first-order valence-corrected chi connectivity index (χ1v) is 9.43. The molecule has 0 heterocycles. The molecular formula is C19H37NO2. The van der Waals surface area contributed by atoms with E-state index in [9.17, 15) is 9.59 Å². The molecule has 22 heavy (non-hydrogen) atoms. The molecule has 130 valence electrons. The molecule has 0 aliphatic rings. The van der Waals surface area contributed by atoms with Gasteiger partial charge in [0.05, 0.1) is 0 Å². The minimum atomic E-state index is 0.116. The van der Waals surface area contributed by atoms with Gasteiger partial charge in [0.2, 0.25) is 5.91 Å². The Kier molecular flexibility index (Phi) is 15.9. The summed E-state index contributed by atoms with van der Waals surface area (Å²) in [6, 6.07) is 0.116. The first kappa shape index (κ1) is 21.1. The van der Waals surface area contributed by atoms with Gasteiger partial charge in [0.25, 0.3) is 0 Å². The fraction of sp³-hybridized carbons (Fsp3) is 0.895. The number of nitrogens with one attached hydrogen (secondary N) is 1. The molecule has 1 N–H and O–H groups in total. The first-order valence-electron chi connectivity index (χ1n) is 9.43. The average molecular weight is 312 g/mol. The van der Waals surface area contributed by atoms with Crippen LogP contribution in [0.25, 0.3) is 0 Å². The van der Waals surface area contributed by atoms with E-state index in [0.717, 1.165) is 25.5 Å². The number of hydrogen-bond donors (Lipinski definition) is 1. The minimum absolute atomic E-state index is 0.116. The molecule has 0 aliphatic heterocycles. The van der Waals surface area contributed by atoms with Crippen molar-refractivity contribution in [3.8, 4) is 0 Å². The summed E-state index contributed by atoms with van der Waals surface area (Å²) in [5, 5.41) is 2.95. The van der Waals surface area contributed by atoms with Gasteiger partial charge in [0, 0.05) is 18.9 Å². The summed E-state index contributed by atoms with van der Waals surface area (Å²) in [6.45, 7) is 4.22. The van der Waals surface area contributed by atoms with E-state index in [2.05, 4.69) is 12.2 Å². The first-order chi connectivity index (χ1) is 10.7. The normalized spacial score (nSPS) is 12.1. The summed E-state index contributed by atoms with van der Waals surface area (Å²) < 4.78 is 0. The van der Waals surface area contributed by atoms with Crippen molar-refractivity contribution in [3.63, 3.8) is 0 Å². The quantitative estimate of drug-likeness (QED) is 0.316. The van der Waals surface area contributed by atoms with E-state index in [-0.39, 0.29) is 11.9 Å². The Morgan fingerprint density at radius 1 is 0.909 bits per heavy atom. The lowest BCUT2D eigenvalue weighted by molar-refractivity contribution is -0.122. The van der Waals surface area contributed by atoms with Crippen LogP contribution in [0, 0.1) is 0 Å². The van der Waals surface area contributed by atoms with Crippen LogP contribution in [-0.4, -0.2) is 18.2 Å². The van der Waals surface area contributed by atoms with Crippen molar-refractivity contribution in [2.45, 2.75) is 110 Å². The van der Waals surface area contributed by atoms with Crippen LogP contribution in [0.5, 0.6) is 0 Å². The predicted molar refractivity (Wildman–Crippen MR) is 94.0 cm³/mol. The maximum absolute atomic E-state index is 11.7. The molecule has 1 atom stereocenters. The Morgan fingerprint density at radius 3 is 1.91 bits per heavy atom. The van der Waals surface area contributed by atoms with E-state index in [1.165, 1.54) is 57.8 Å². The number of hydrogen-bond acceptors (Lipinski definition) is 2. The fourth-order valence-corrected chi connectivity index (χ4v) is 2.69. The van der Waals surface area contributed by atoms with Gasteiger partial charge >= 0.3 is 0 Å². The van der Waals surface area contributed by atoms with E-state index in [1.54, 1.807) is 0 Å². The molecule has 0 rings (SSSR count). The van der Waals surface area contributed by atoms with Crippen molar-refractivity contribution >= 4 is 12.2 Å². The summed E-state index contributed by atoms with van der Waals surface area (Å²) in [4.78, 5) is 21.9. The highest BCUT2D eigenvalue weighted by Crippen LogP contribution is 2.11. The van der Waals surface area contributed by atoms with Crippen LogP contribution in [0.2, 0.25) is 0 Å². The van der Waals surface area contributed by atoms with Crippen LogP contribution in [0.4, 0.5) is 0 Å². The number of aldehydes is 1. The average Bonchev–Trinajstić information content (AvgIpc) is 2.50. The number of amides is 1. The topological polar surface area (TPSA) is 46.2 Å². The summed E-state index contributed by atoms with van der Waals surface area (Å²) in [5.41, 5.74) is 0. The largest absolute Gasteiger partial charge is 0.354 e. The minimum Gasteiger partial charge on any atom is -0.354 e. The highest BCUT2D eigenvalue weighted by atomic mass is 16.1. The standard InChI is InChI=1S/C19H37NO2/c1-3-4-5-6-7-8-9-10-11-12-13-16-19(22)20-18(2)15-14-17-21/h17-18H,3-16H2,1-2H3,(H,20,22)/t18-/m1/s1. The maximum Gasteiger partial charge on any atom is 0.220 e. The fourth-order valence-electron chi connectivity index (χ4n) is 2.69. The number of carbonyl (C=O) groups excluding carboxylic acids is 2. The molecule has 0 saturated heterocycles. The van der Waals surface area contributed by atoms with E-state index in [0.29, 0.717) is 12.8 Å². The van der Waals surface area contributed by atoms with Crippen molar-refractivity contribution in [1.29, 1.82) is 0 Å². The molecule has 0 bridgehead atoms. The van der Waals surface area contributed by atoms with Crippen LogP contribution in [0.1, 0.15) is 104 Å². The third-order valence-electron chi connectivity index (χ3n) is 4.13. The summed E-state index contributed by atoms with van der Waals surface area (Å²) in [6.07, 6.45) is 17.1. The molecule has 0 aromatic carbocycles. The van der Waals surface area contributed by atoms with Crippen LogP contribution in [0.3, 0.4) is 0 Å². The van der Waals surface area contributed by atoms with Crippen molar-refractivity contribution < 1.29 is 9.59 Å². The van der Waals surface area contributed by atoms with E-state index in [4.69, 9.17) is 0 Å². The van der Waals surface area contributed by atoms with Gasteiger partial charge in [-0.15, -0.1) is 0 Å². The van der Waals surface area contributed by atoms with E-state index >= 15 is 0 Å².